The van der Waals surface area contributed by atoms with Crippen LogP contribution in [-0.4, -0.2) is 18.5 Å². The van der Waals surface area contributed by atoms with Crippen molar-refractivity contribution in [3.63, 3.8) is 0 Å². The number of ether oxygens (including phenoxy) is 1. The smallest absolute Gasteiger partial charge is 0.310 e. The quantitative estimate of drug-likeness (QED) is 0.681. The van der Waals surface area contributed by atoms with E-state index in [9.17, 15) is 9.59 Å². The van der Waals surface area contributed by atoms with Crippen molar-refractivity contribution in [2.45, 2.75) is 34.1 Å². The van der Waals surface area contributed by atoms with Gasteiger partial charge < -0.3 is 14.5 Å². The van der Waals surface area contributed by atoms with Gasteiger partial charge >= 0.3 is 5.97 Å². The Morgan fingerprint density at radius 3 is 2.41 bits per heavy atom. The lowest BCUT2D eigenvalue weighted by Crippen LogP contribution is -2.22. The van der Waals surface area contributed by atoms with Crippen molar-refractivity contribution >= 4 is 28.5 Å². The average molecular weight is 365 g/mol. The van der Waals surface area contributed by atoms with Crippen LogP contribution in [0.4, 0.5) is 5.69 Å². The van der Waals surface area contributed by atoms with Gasteiger partial charge in [0.2, 0.25) is 0 Å². The number of carbonyl (C=O) groups excluding carboxylic acids is 2. The molecule has 0 saturated heterocycles. The molecule has 0 unspecified atom stereocenters. The molecule has 0 atom stereocenters. The molecular weight excluding hydrogens is 342 g/mol. The van der Waals surface area contributed by atoms with Crippen LogP contribution < -0.4 is 5.32 Å². The van der Waals surface area contributed by atoms with Crippen molar-refractivity contribution in [3.05, 3.63) is 64.4 Å². The van der Waals surface area contributed by atoms with E-state index in [0.29, 0.717) is 0 Å². The maximum atomic E-state index is 12.2. The maximum Gasteiger partial charge on any atom is 0.310 e. The summed E-state index contributed by atoms with van der Waals surface area (Å²) >= 11 is 0. The highest BCUT2D eigenvalue weighted by Crippen LogP contribution is 2.27. The van der Waals surface area contributed by atoms with Gasteiger partial charge in [0.25, 0.3) is 5.91 Å². The Morgan fingerprint density at radius 2 is 1.70 bits per heavy atom. The maximum absolute atomic E-state index is 12.2. The molecule has 2 aromatic carbocycles. The summed E-state index contributed by atoms with van der Waals surface area (Å²) in [4.78, 5) is 24.3. The van der Waals surface area contributed by atoms with Crippen LogP contribution in [0.25, 0.3) is 11.0 Å². The molecule has 3 aromatic rings. The Balaban J connectivity index is 1.60. The highest BCUT2D eigenvalue weighted by atomic mass is 16.5. The number of fused-ring (bicyclic) bond motifs is 1. The summed E-state index contributed by atoms with van der Waals surface area (Å²) in [5.41, 5.74) is 6.41. The number of para-hydroxylation sites is 1. The highest BCUT2D eigenvalue weighted by Gasteiger charge is 2.15. The number of hydrogen-bond acceptors (Lipinski definition) is 4. The molecule has 5 heteroatoms. The van der Waals surface area contributed by atoms with Gasteiger partial charge in [-0.1, -0.05) is 30.3 Å². The van der Waals surface area contributed by atoms with Crippen molar-refractivity contribution in [1.82, 2.24) is 0 Å². The van der Waals surface area contributed by atoms with Gasteiger partial charge in [0.05, 0.1) is 12.7 Å². The number of aryl methyl sites for hydroxylation is 4. The normalized spacial score (nSPS) is 10.8. The van der Waals surface area contributed by atoms with Crippen molar-refractivity contribution in [3.8, 4) is 0 Å². The zero-order valence-electron chi connectivity index (χ0n) is 16.0. The first-order chi connectivity index (χ1) is 12.9. The molecule has 0 saturated carbocycles. The topological polar surface area (TPSA) is 68.5 Å². The molecule has 0 radical (unpaired) electrons. The second-order valence-corrected chi connectivity index (χ2v) is 6.80. The first-order valence-corrected chi connectivity index (χ1v) is 8.84. The van der Waals surface area contributed by atoms with Crippen LogP contribution in [0.5, 0.6) is 0 Å². The molecule has 0 aliphatic rings. The van der Waals surface area contributed by atoms with Gasteiger partial charge in [0, 0.05) is 16.6 Å². The standard InChI is InChI=1S/C22H23NO4/c1-13-8-9-18-17(11-27-22(18)16(13)4)10-20(25)26-12-19(24)23-21-14(2)6-5-7-15(21)3/h5-9,11H,10,12H2,1-4H3,(H,23,24). The Hall–Kier alpha value is -3.08. The Labute approximate surface area is 158 Å². The minimum absolute atomic E-state index is 0.0617. The Kier molecular flexibility index (Phi) is 5.31. The van der Waals surface area contributed by atoms with Crippen molar-refractivity contribution in [1.29, 1.82) is 0 Å². The molecule has 1 N–H and O–H groups in total. The molecule has 0 spiro atoms. The van der Waals surface area contributed by atoms with Crippen LogP contribution in [0.3, 0.4) is 0 Å². The summed E-state index contributed by atoms with van der Waals surface area (Å²) in [7, 11) is 0. The second kappa shape index (κ2) is 7.66. The molecule has 1 aromatic heterocycles. The van der Waals surface area contributed by atoms with E-state index in [1.165, 1.54) is 0 Å². The Bertz CT molecular complexity index is 996. The summed E-state index contributed by atoms with van der Waals surface area (Å²) in [5.74, 6) is -0.822. The van der Waals surface area contributed by atoms with Gasteiger partial charge in [-0.05, 0) is 49.9 Å². The molecule has 1 heterocycles. The van der Waals surface area contributed by atoms with Crippen LogP contribution in [0.1, 0.15) is 27.8 Å². The van der Waals surface area contributed by atoms with E-state index in [1.807, 2.05) is 58.0 Å². The number of carbonyl (C=O) groups is 2. The first-order valence-electron chi connectivity index (χ1n) is 8.84. The van der Waals surface area contributed by atoms with Gasteiger partial charge in [-0.25, -0.2) is 0 Å². The lowest BCUT2D eigenvalue weighted by atomic mass is 10.0. The van der Waals surface area contributed by atoms with Gasteiger partial charge in [-0.15, -0.1) is 0 Å². The molecular formula is C22H23NO4. The number of amides is 1. The monoisotopic (exact) mass is 365 g/mol. The summed E-state index contributed by atoms with van der Waals surface area (Å²) < 4.78 is 10.7. The van der Waals surface area contributed by atoms with Crippen molar-refractivity contribution in [2.75, 3.05) is 11.9 Å². The fourth-order valence-electron chi connectivity index (χ4n) is 3.06. The van der Waals surface area contributed by atoms with Crippen LogP contribution >= 0.6 is 0 Å². The van der Waals surface area contributed by atoms with E-state index >= 15 is 0 Å². The molecule has 140 valence electrons. The fourth-order valence-corrected chi connectivity index (χ4v) is 3.06. The van der Waals surface area contributed by atoms with E-state index in [1.54, 1.807) is 6.26 Å². The molecule has 27 heavy (non-hydrogen) atoms. The highest BCUT2D eigenvalue weighted by molar-refractivity contribution is 5.94. The zero-order valence-corrected chi connectivity index (χ0v) is 16.0. The van der Waals surface area contributed by atoms with Crippen LogP contribution in [0, 0.1) is 27.7 Å². The van der Waals surface area contributed by atoms with Crippen LogP contribution in [0.2, 0.25) is 0 Å². The van der Waals surface area contributed by atoms with Gasteiger partial charge in [0.15, 0.2) is 6.61 Å². The minimum Gasteiger partial charge on any atom is -0.464 e. The summed E-state index contributed by atoms with van der Waals surface area (Å²) in [6, 6.07) is 9.71. The van der Waals surface area contributed by atoms with E-state index in [2.05, 4.69) is 5.32 Å². The third kappa shape index (κ3) is 4.03. The predicted octanol–water partition coefficient (Wildman–Crippen LogP) is 4.39. The number of furan rings is 1. The van der Waals surface area contributed by atoms with Crippen LogP contribution in [0.15, 0.2) is 41.0 Å². The fraction of sp³-hybridized carbons (Fsp3) is 0.273. The summed E-state index contributed by atoms with van der Waals surface area (Å²) in [5, 5.41) is 3.70. The first kappa shape index (κ1) is 18.7. The number of hydrogen-bond donors (Lipinski definition) is 1. The molecule has 0 aliphatic carbocycles. The van der Waals surface area contributed by atoms with E-state index in [-0.39, 0.29) is 18.9 Å². The molecule has 5 nitrogen and oxygen atoms in total. The van der Waals surface area contributed by atoms with Crippen molar-refractivity contribution < 1.29 is 18.7 Å². The molecule has 1 amide bonds. The lowest BCUT2D eigenvalue weighted by molar-refractivity contribution is -0.146. The zero-order chi connectivity index (χ0) is 19.6. The lowest BCUT2D eigenvalue weighted by Gasteiger charge is -2.11. The molecule has 0 aliphatic heterocycles. The van der Waals surface area contributed by atoms with Gasteiger partial charge in [0.1, 0.15) is 5.58 Å². The number of rotatable bonds is 5. The third-order valence-corrected chi connectivity index (χ3v) is 4.79. The van der Waals surface area contributed by atoms with E-state index in [4.69, 9.17) is 9.15 Å². The van der Waals surface area contributed by atoms with Gasteiger partial charge in [-0.3, -0.25) is 9.59 Å². The van der Waals surface area contributed by atoms with Crippen molar-refractivity contribution in [2.24, 2.45) is 0 Å². The van der Waals surface area contributed by atoms with E-state index < -0.39 is 5.97 Å². The summed E-state index contributed by atoms with van der Waals surface area (Å²) in [6.45, 7) is 7.52. The van der Waals surface area contributed by atoms with E-state index in [0.717, 1.165) is 44.5 Å². The predicted molar refractivity (Wildman–Crippen MR) is 105 cm³/mol. The van der Waals surface area contributed by atoms with Gasteiger partial charge in [-0.2, -0.15) is 0 Å². The SMILES string of the molecule is Cc1cccc(C)c1NC(=O)COC(=O)Cc1coc2c(C)c(C)ccc12. The Morgan fingerprint density at radius 1 is 1.00 bits per heavy atom. The van der Waals surface area contributed by atoms with Crippen LogP contribution in [-0.2, 0) is 20.7 Å². The number of anilines is 1. The minimum atomic E-state index is -0.465. The summed E-state index contributed by atoms with van der Waals surface area (Å²) in [6.07, 6.45) is 1.64. The number of nitrogens with one attached hydrogen (secondary N) is 1. The third-order valence-electron chi connectivity index (χ3n) is 4.79. The number of benzene rings is 2. The molecule has 0 bridgehead atoms. The second-order valence-electron chi connectivity index (χ2n) is 6.80. The average Bonchev–Trinajstić information content (AvgIpc) is 3.03. The molecule has 0 fully saturated rings. The largest absolute Gasteiger partial charge is 0.464 e. The molecule has 3 rings (SSSR count). The number of esters is 1.